The number of sulfone groups is 1. The average Bonchev–Trinajstić information content (AvgIpc) is 3.55. The van der Waals surface area contributed by atoms with Crippen molar-refractivity contribution in [1.82, 2.24) is 9.78 Å². The van der Waals surface area contributed by atoms with Crippen molar-refractivity contribution in [3.63, 3.8) is 0 Å². The summed E-state index contributed by atoms with van der Waals surface area (Å²) < 4.78 is 102. The molecule has 214 valence electrons. The van der Waals surface area contributed by atoms with Gasteiger partial charge < -0.3 is 4.74 Å². The van der Waals surface area contributed by atoms with Crippen molar-refractivity contribution in [2.75, 3.05) is 13.7 Å². The van der Waals surface area contributed by atoms with Crippen LogP contribution in [0.1, 0.15) is 68.2 Å². The van der Waals surface area contributed by atoms with Gasteiger partial charge in [-0.2, -0.15) is 26.7 Å². The number of benzene rings is 1. The number of fused-ring (bicyclic) bond motifs is 1. The van der Waals surface area contributed by atoms with Gasteiger partial charge in [0.15, 0.2) is 23.1 Å². The molecule has 0 amide bonds. The van der Waals surface area contributed by atoms with E-state index in [1.54, 1.807) is 13.1 Å². The molecule has 1 heterocycles. The highest BCUT2D eigenvalue weighted by atomic mass is 32.2. The van der Waals surface area contributed by atoms with Gasteiger partial charge in [0.2, 0.25) is 0 Å². The number of aromatic nitrogens is 2. The van der Waals surface area contributed by atoms with E-state index in [0.717, 1.165) is 15.7 Å². The van der Waals surface area contributed by atoms with Gasteiger partial charge in [-0.3, -0.25) is 9.48 Å². The van der Waals surface area contributed by atoms with Gasteiger partial charge in [-0.1, -0.05) is 12.8 Å². The summed E-state index contributed by atoms with van der Waals surface area (Å²) in [7, 11) is -7.48. The van der Waals surface area contributed by atoms with E-state index < -0.39 is 58.5 Å². The number of hydrogen-bond acceptors (Lipinski definition) is 7. The first-order valence-corrected chi connectivity index (χ1v) is 15.7. The SMILES string of the molecule is CCOC(=O)Cn1ncc2c1CCCC2C=[N+](C)S(=O)(=O)c1cc(C(F)(F)F)cc(S(=O)(=O)C2CCCC2)c1. The molecular formula is C25H31F3N3O6S2+. The lowest BCUT2D eigenvalue weighted by atomic mass is 9.88. The molecule has 4 rings (SSSR count). The molecule has 0 bridgehead atoms. The van der Waals surface area contributed by atoms with Crippen LogP contribution in [0.25, 0.3) is 0 Å². The molecule has 1 unspecified atom stereocenters. The lowest BCUT2D eigenvalue weighted by molar-refractivity contribution is -0.323. The molecule has 1 aromatic heterocycles. The molecular weight excluding hydrogens is 559 g/mol. The Morgan fingerprint density at radius 2 is 1.77 bits per heavy atom. The molecule has 1 aromatic carbocycles. The van der Waals surface area contributed by atoms with E-state index >= 15 is 0 Å². The summed E-state index contributed by atoms with van der Waals surface area (Å²) in [6.07, 6.45) is 1.76. The highest BCUT2D eigenvalue weighted by Crippen LogP contribution is 2.37. The van der Waals surface area contributed by atoms with Crippen molar-refractivity contribution in [3.05, 3.63) is 41.2 Å². The number of rotatable bonds is 8. The van der Waals surface area contributed by atoms with Crippen LogP contribution < -0.4 is 0 Å². The Balaban J connectivity index is 1.71. The monoisotopic (exact) mass is 590 g/mol. The van der Waals surface area contributed by atoms with Gasteiger partial charge in [0, 0.05) is 11.3 Å². The number of alkyl halides is 3. The Bertz CT molecular complexity index is 1490. The van der Waals surface area contributed by atoms with Gasteiger partial charge in [-0.05, 0) is 57.2 Å². The Morgan fingerprint density at radius 3 is 2.41 bits per heavy atom. The van der Waals surface area contributed by atoms with Crippen molar-refractivity contribution in [2.24, 2.45) is 0 Å². The van der Waals surface area contributed by atoms with Gasteiger partial charge in [0.25, 0.3) is 0 Å². The maximum absolute atomic E-state index is 13.7. The molecule has 0 saturated heterocycles. The Morgan fingerprint density at radius 1 is 1.10 bits per heavy atom. The number of ether oxygens (including phenoxy) is 1. The molecule has 0 spiro atoms. The van der Waals surface area contributed by atoms with E-state index in [2.05, 4.69) is 5.10 Å². The van der Waals surface area contributed by atoms with Gasteiger partial charge in [-0.15, -0.1) is 3.98 Å². The third-order valence-corrected chi connectivity index (χ3v) is 11.2. The maximum atomic E-state index is 13.7. The van der Waals surface area contributed by atoms with Crippen molar-refractivity contribution >= 4 is 32.0 Å². The summed E-state index contributed by atoms with van der Waals surface area (Å²) in [6, 6.07) is 1.81. The first kappa shape index (κ1) is 29.2. The van der Waals surface area contributed by atoms with Gasteiger partial charge in [0.1, 0.15) is 11.4 Å². The average molecular weight is 591 g/mol. The van der Waals surface area contributed by atoms with Crippen LogP contribution in [-0.4, -0.2) is 61.7 Å². The number of sulfonamides is 1. The van der Waals surface area contributed by atoms with Crippen LogP contribution in [0.15, 0.2) is 34.2 Å². The van der Waals surface area contributed by atoms with Crippen molar-refractivity contribution < 1.29 is 43.5 Å². The molecule has 2 aromatic rings. The number of carbonyl (C=O) groups excluding carboxylic acids is 1. The Labute approximate surface area is 225 Å². The van der Waals surface area contributed by atoms with Crippen LogP contribution in [0.2, 0.25) is 0 Å². The molecule has 1 fully saturated rings. The second kappa shape index (κ2) is 11.0. The number of halogens is 3. The van der Waals surface area contributed by atoms with E-state index in [9.17, 15) is 34.8 Å². The number of hydrogen-bond donors (Lipinski definition) is 0. The summed E-state index contributed by atoms with van der Waals surface area (Å²) in [6.45, 7) is 1.82. The summed E-state index contributed by atoms with van der Waals surface area (Å²) in [5.74, 6) is -0.890. The second-order valence-electron chi connectivity index (χ2n) is 9.82. The van der Waals surface area contributed by atoms with Crippen LogP contribution in [-0.2, 0) is 48.5 Å². The minimum Gasteiger partial charge on any atom is -0.465 e. The predicted octanol–water partition coefficient (Wildman–Crippen LogP) is 3.70. The Kier molecular flexibility index (Phi) is 8.27. The standard InChI is InChI=1S/C25H31F3N3O6S2/c1-3-37-24(32)16-31-23-10-6-7-17(22(23)14-29-31)15-30(2)39(35,36)21-12-18(25(26,27)28)11-20(13-21)38(33,34)19-8-4-5-9-19/h11-15,17,19H,3-10,16H2,1-2H3/q+1. The van der Waals surface area contributed by atoms with Crippen molar-refractivity contribution in [1.29, 1.82) is 0 Å². The van der Waals surface area contributed by atoms with Crippen molar-refractivity contribution in [3.8, 4) is 0 Å². The van der Waals surface area contributed by atoms with E-state index in [1.165, 1.54) is 17.9 Å². The zero-order valence-electron chi connectivity index (χ0n) is 21.6. The maximum Gasteiger partial charge on any atom is 0.416 e. The highest BCUT2D eigenvalue weighted by Gasteiger charge is 2.39. The zero-order valence-corrected chi connectivity index (χ0v) is 23.3. The lowest BCUT2D eigenvalue weighted by Crippen LogP contribution is -2.25. The molecule has 1 atom stereocenters. The normalized spacial score (nSPS) is 19.2. The predicted molar refractivity (Wildman–Crippen MR) is 135 cm³/mol. The highest BCUT2D eigenvalue weighted by molar-refractivity contribution is 7.92. The fraction of sp³-hybridized carbons (Fsp3) is 0.560. The molecule has 2 aliphatic rings. The molecule has 39 heavy (non-hydrogen) atoms. The van der Waals surface area contributed by atoms with Crippen LogP contribution in [0.4, 0.5) is 13.2 Å². The Hall–Kier alpha value is -2.74. The van der Waals surface area contributed by atoms with Gasteiger partial charge in [-0.25, -0.2) is 8.42 Å². The van der Waals surface area contributed by atoms with E-state index in [0.29, 0.717) is 62.6 Å². The topological polar surface area (TPSA) is 115 Å². The second-order valence-corrected chi connectivity index (χ2v) is 14.0. The van der Waals surface area contributed by atoms with Gasteiger partial charge in [0.05, 0.1) is 34.4 Å². The molecule has 2 aliphatic carbocycles. The fourth-order valence-corrected chi connectivity index (χ4v) is 8.40. The molecule has 0 radical (unpaired) electrons. The smallest absolute Gasteiger partial charge is 0.416 e. The van der Waals surface area contributed by atoms with Crippen molar-refractivity contribution in [2.45, 2.75) is 85.5 Å². The van der Waals surface area contributed by atoms with Crippen LogP contribution in [0.5, 0.6) is 0 Å². The summed E-state index contributed by atoms with van der Waals surface area (Å²) in [5, 5.41) is 3.41. The third-order valence-electron chi connectivity index (χ3n) is 7.24. The van der Waals surface area contributed by atoms with Crippen LogP contribution in [0, 0.1) is 0 Å². The number of esters is 1. The molecule has 9 nitrogen and oxygen atoms in total. The zero-order chi connectivity index (χ0) is 28.6. The van der Waals surface area contributed by atoms with E-state index in [1.807, 2.05) is 0 Å². The molecule has 1 saturated carbocycles. The first-order chi connectivity index (χ1) is 18.2. The molecule has 0 aliphatic heterocycles. The first-order valence-electron chi connectivity index (χ1n) is 12.7. The molecule has 14 heteroatoms. The quantitative estimate of drug-likeness (QED) is 0.262. The van der Waals surface area contributed by atoms with E-state index in [4.69, 9.17) is 4.74 Å². The number of carbonyl (C=O) groups is 1. The lowest BCUT2D eigenvalue weighted by Gasteiger charge is -2.19. The minimum absolute atomic E-state index is 0.0908. The fourth-order valence-electron chi connectivity index (χ4n) is 5.21. The largest absolute Gasteiger partial charge is 0.465 e. The molecule has 0 N–H and O–H groups in total. The number of nitrogens with zero attached hydrogens (tertiary/aromatic N) is 3. The third kappa shape index (κ3) is 6.06. The van der Waals surface area contributed by atoms with E-state index in [-0.39, 0.29) is 13.2 Å². The minimum atomic E-state index is -4.94. The summed E-state index contributed by atoms with van der Waals surface area (Å²) in [5.41, 5.74) is 0.125. The van der Waals surface area contributed by atoms with Crippen LogP contribution >= 0.6 is 0 Å². The van der Waals surface area contributed by atoms with Crippen LogP contribution in [0.3, 0.4) is 0 Å². The van der Waals surface area contributed by atoms with Gasteiger partial charge >= 0.3 is 22.2 Å². The summed E-state index contributed by atoms with van der Waals surface area (Å²) >= 11 is 0. The summed E-state index contributed by atoms with van der Waals surface area (Å²) in [4.78, 5) is 10.5.